The number of benzene rings is 1. The summed E-state index contributed by atoms with van der Waals surface area (Å²) in [6.45, 7) is 10.6. The molecule has 0 saturated carbocycles. The summed E-state index contributed by atoms with van der Waals surface area (Å²) in [4.78, 5) is 34.3. The van der Waals surface area contributed by atoms with Gasteiger partial charge in [-0.15, -0.1) is 0 Å². The maximum Gasteiger partial charge on any atom is 0.410 e. The number of amides is 1. The van der Waals surface area contributed by atoms with Crippen molar-refractivity contribution in [2.45, 2.75) is 114 Å². The third-order valence-electron chi connectivity index (χ3n) is 11.4. The van der Waals surface area contributed by atoms with Crippen molar-refractivity contribution in [3.8, 4) is 17.3 Å². The first-order valence-corrected chi connectivity index (χ1v) is 19.0. The molecule has 274 valence electrons. The van der Waals surface area contributed by atoms with Gasteiger partial charge in [0.25, 0.3) is 0 Å². The zero-order chi connectivity index (χ0) is 35.2. The maximum absolute atomic E-state index is 17.0. The Morgan fingerprint density at radius 1 is 1.02 bits per heavy atom. The SMILES string of the molecule is CC(C)(C)OC(=O)N1C2CCC1CN(c1nc(OCC34CCCN3CCC4)nc3c(F)c(-c4ccccc4CCOC4CCCCO4)ncc13)C2. The smallest absolute Gasteiger partial charge is 0.410 e. The van der Waals surface area contributed by atoms with E-state index in [0.29, 0.717) is 49.5 Å². The summed E-state index contributed by atoms with van der Waals surface area (Å²) in [5.41, 5.74) is 1.50. The second-order valence-corrected chi connectivity index (χ2v) is 16.0. The summed E-state index contributed by atoms with van der Waals surface area (Å²) in [7, 11) is 0. The highest BCUT2D eigenvalue weighted by Crippen LogP contribution is 2.41. The number of aromatic nitrogens is 3. The van der Waals surface area contributed by atoms with Crippen molar-refractivity contribution in [1.82, 2.24) is 24.8 Å². The van der Waals surface area contributed by atoms with Crippen LogP contribution in [-0.2, 0) is 20.6 Å². The van der Waals surface area contributed by atoms with Crippen LogP contribution < -0.4 is 9.64 Å². The summed E-state index contributed by atoms with van der Waals surface area (Å²) < 4.78 is 41.0. The van der Waals surface area contributed by atoms with Gasteiger partial charge in [-0.3, -0.25) is 14.8 Å². The molecule has 5 aliphatic rings. The average Bonchev–Trinajstić information content (AvgIpc) is 3.78. The molecule has 2 bridgehead atoms. The number of hydrogen-bond donors (Lipinski definition) is 0. The molecule has 8 rings (SSSR count). The maximum atomic E-state index is 17.0. The summed E-state index contributed by atoms with van der Waals surface area (Å²) in [6, 6.07) is 7.87. The van der Waals surface area contributed by atoms with Gasteiger partial charge in [0.15, 0.2) is 12.1 Å². The van der Waals surface area contributed by atoms with E-state index in [4.69, 9.17) is 33.9 Å². The van der Waals surface area contributed by atoms with Gasteiger partial charge in [-0.25, -0.2) is 9.18 Å². The highest BCUT2D eigenvalue weighted by molar-refractivity contribution is 5.92. The van der Waals surface area contributed by atoms with Crippen LogP contribution in [0, 0.1) is 5.82 Å². The predicted molar refractivity (Wildman–Crippen MR) is 191 cm³/mol. The van der Waals surface area contributed by atoms with E-state index in [9.17, 15) is 4.79 Å². The molecule has 7 heterocycles. The van der Waals surface area contributed by atoms with Gasteiger partial charge in [0.1, 0.15) is 29.2 Å². The molecule has 0 aliphatic carbocycles. The van der Waals surface area contributed by atoms with E-state index in [1.54, 1.807) is 6.20 Å². The largest absolute Gasteiger partial charge is 0.461 e. The minimum atomic E-state index is -0.577. The Labute approximate surface area is 299 Å². The van der Waals surface area contributed by atoms with Gasteiger partial charge in [-0.2, -0.15) is 9.97 Å². The second-order valence-electron chi connectivity index (χ2n) is 16.0. The van der Waals surface area contributed by atoms with Crippen molar-refractivity contribution in [2.75, 3.05) is 50.9 Å². The van der Waals surface area contributed by atoms with E-state index < -0.39 is 11.4 Å². The van der Waals surface area contributed by atoms with Crippen LogP contribution in [0.3, 0.4) is 0 Å². The van der Waals surface area contributed by atoms with Crippen LogP contribution in [0.4, 0.5) is 15.0 Å². The molecule has 3 unspecified atom stereocenters. The lowest BCUT2D eigenvalue weighted by atomic mass is 9.95. The Morgan fingerprint density at radius 3 is 2.51 bits per heavy atom. The number of anilines is 1. The van der Waals surface area contributed by atoms with Crippen LogP contribution in [0.25, 0.3) is 22.2 Å². The summed E-state index contributed by atoms with van der Waals surface area (Å²) in [5.74, 6) is 0.0944. The monoisotopic (exact) mass is 702 g/mol. The molecule has 5 aliphatic heterocycles. The number of carbonyl (C=O) groups excluding carboxylic acids is 1. The highest BCUT2D eigenvalue weighted by atomic mass is 19.1. The number of nitrogens with zero attached hydrogens (tertiary/aromatic N) is 6. The van der Waals surface area contributed by atoms with Crippen molar-refractivity contribution in [1.29, 1.82) is 0 Å². The van der Waals surface area contributed by atoms with Crippen LogP contribution in [-0.4, -0.2) is 106 Å². The number of pyridine rings is 1. The quantitative estimate of drug-likeness (QED) is 0.245. The van der Waals surface area contributed by atoms with Crippen LogP contribution in [0.2, 0.25) is 0 Å². The fraction of sp³-hybridized carbons (Fsp3) is 0.641. The second kappa shape index (κ2) is 14.1. The van der Waals surface area contributed by atoms with Gasteiger partial charge in [0.05, 0.1) is 29.6 Å². The molecule has 5 fully saturated rings. The molecule has 0 radical (unpaired) electrons. The topological polar surface area (TPSA) is 102 Å². The standard InChI is InChI=1S/C39H51FN6O5/c1-38(2,3)51-37(47)46-27-13-14-28(46)24-44(23-27)35-30-22-41-33(29-11-5-4-10-26(29)15-21-49-31-12-6-7-20-48-31)32(40)34(30)42-36(43-35)50-25-39-16-8-18-45(39)19-9-17-39/h4-5,10-11,22,27-28,31H,6-9,12-21,23-25H2,1-3H3. The zero-order valence-electron chi connectivity index (χ0n) is 30.2. The van der Waals surface area contributed by atoms with Crippen molar-refractivity contribution in [2.24, 2.45) is 0 Å². The van der Waals surface area contributed by atoms with Gasteiger partial charge < -0.3 is 23.8 Å². The summed E-state index contributed by atoms with van der Waals surface area (Å²) in [6.07, 6.45) is 11.1. The van der Waals surface area contributed by atoms with Crippen LogP contribution in [0.1, 0.15) is 84.1 Å². The van der Waals surface area contributed by atoms with Crippen molar-refractivity contribution in [3.63, 3.8) is 0 Å². The number of piperazine rings is 1. The Balaban J connectivity index is 1.11. The van der Waals surface area contributed by atoms with Gasteiger partial charge >= 0.3 is 12.1 Å². The van der Waals surface area contributed by atoms with Crippen LogP contribution in [0.15, 0.2) is 30.5 Å². The van der Waals surface area contributed by atoms with Gasteiger partial charge in [-0.1, -0.05) is 24.3 Å². The molecule has 1 aromatic carbocycles. The molecular weight excluding hydrogens is 651 g/mol. The molecule has 0 spiro atoms. The number of hydrogen-bond acceptors (Lipinski definition) is 10. The lowest BCUT2D eigenvalue weighted by Crippen LogP contribution is -2.57. The fourth-order valence-electron chi connectivity index (χ4n) is 8.98. The molecule has 51 heavy (non-hydrogen) atoms. The molecule has 1 amide bonds. The Hall–Kier alpha value is -3.61. The summed E-state index contributed by atoms with van der Waals surface area (Å²) >= 11 is 0. The molecule has 3 atom stereocenters. The van der Waals surface area contributed by atoms with E-state index in [-0.39, 0.29) is 47.2 Å². The third-order valence-corrected chi connectivity index (χ3v) is 11.4. The fourth-order valence-corrected chi connectivity index (χ4v) is 8.98. The minimum Gasteiger partial charge on any atom is -0.461 e. The zero-order valence-corrected chi connectivity index (χ0v) is 30.2. The summed E-state index contributed by atoms with van der Waals surface area (Å²) in [5, 5.41) is 0.533. The van der Waals surface area contributed by atoms with Crippen molar-refractivity contribution in [3.05, 3.63) is 41.8 Å². The van der Waals surface area contributed by atoms with E-state index >= 15 is 4.39 Å². The van der Waals surface area contributed by atoms with E-state index in [0.717, 1.165) is 83.0 Å². The molecular formula is C39H51FN6O5. The normalized spacial score (nSPS) is 24.7. The molecule has 0 N–H and O–H groups in total. The third kappa shape index (κ3) is 6.99. The van der Waals surface area contributed by atoms with E-state index in [1.165, 1.54) is 0 Å². The highest BCUT2D eigenvalue weighted by Gasteiger charge is 2.46. The van der Waals surface area contributed by atoms with Crippen molar-refractivity contribution >= 4 is 22.8 Å². The van der Waals surface area contributed by atoms with E-state index in [1.807, 2.05) is 49.9 Å². The number of halogens is 1. The van der Waals surface area contributed by atoms with Gasteiger partial charge in [-0.05, 0) is 104 Å². The number of fused-ring (bicyclic) bond motifs is 4. The minimum absolute atomic E-state index is 0.0117. The Kier molecular flexibility index (Phi) is 9.52. The number of carbonyl (C=O) groups is 1. The molecule has 5 saturated heterocycles. The number of ether oxygens (including phenoxy) is 4. The average molecular weight is 703 g/mol. The lowest BCUT2D eigenvalue weighted by Gasteiger charge is -2.42. The van der Waals surface area contributed by atoms with Gasteiger partial charge in [0.2, 0.25) is 0 Å². The number of rotatable bonds is 9. The van der Waals surface area contributed by atoms with Crippen LogP contribution in [0.5, 0.6) is 6.01 Å². The first kappa shape index (κ1) is 34.5. The Morgan fingerprint density at radius 2 is 1.78 bits per heavy atom. The van der Waals surface area contributed by atoms with Gasteiger partial charge in [0, 0.05) is 31.5 Å². The molecule has 11 nitrogen and oxygen atoms in total. The van der Waals surface area contributed by atoms with Crippen LogP contribution >= 0.6 is 0 Å². The first-order valence-electron chi connectivity index (χ1n) is 19.0. The predicted octanol–water partition coefficient (Wildman–Crippen LogP) is 6.51. The lowest BCUT2D eigenvalue weighted by molar-refractivity contribution is -0.161. The first-order chi connectivity index (χ1) is 24.7. The molecule has 2 aromatic heterocycles. The van der Waals surface area contributed by atoms with E-state index in [2.05, 4.69) is 9.80 Å². The molecule has 12 heteroatoms. The molecule has 3 aromatic rings. The Bertz CT molecular complexity index is 1720. The van der Waals surface area contributed by atoms with Crippen molar-refractivity contribution < 1.29 is 28.1 Å².